The minimum Gasteiger partial charge on any atom is -0.490 e. The fourth-order valence-corrected chi connectivity index (χ4v) is 2.39. The molecule has 104 valence electrons. The molecular formula is C15H17N3O2. The van der Waals surface area contributed by atoms with Crippen LogP contribution in [-0.2, 0) is 4.79 Å². The van der Waals surface area contributed by atoms with E-state index in [1.54, 1.807) is 6.20 Å². The van der Waals surface area contributed by atoms with Crippen LogP contribution < -0.4 is 16.2 Å². The molecule has 0 aliphatic heterocycles. The minimum absolute atomic E-state index is 0.0982. The number of primary amides is 1. The standard InChI is InChI=1S/C15H17N3O2/c16-14(19)15(17,10-6-7-10)9-20-13-5-1-4-12-11(13)3-2-8-18-12/h1-5,8,10H,6-7,9,17H2,(H2,16,19). The van der Waals surface area contributed by atoms with E-state index in [-0.39, 0.29) is 12.5 Å². The Morgan fingerprint density at radius 2 is 2.15 bits per heavy atom. The summed E-state index contributed by atoms with van der Waals surface area (Å²) in [6.45, 7) is 0.0982. The SMILES string of the molecule is NC(=O)C(N)(COc1cccc2ncccc12)C1CC1. The van der Waals surface area contributed by atoms with Crippen LogP contribution in [0, 0.1) is 5.92 Å². The van der Waals surface area contributed by atoms with E-state index in [4.69, 9.17) is 16.2 Å². The molecule has 0 saturated heterocycles. The maximum atomic E-state index is 11.6. The van der Waals surface area contributed by atoms with E-state index in [9.17, 15) is 4.79 Å². The first-order chi connectivity index (χ1) is 9.61. The van der Waals surface area contributed by atoms with Crippen LogP contribution in [-0.4, -0.2) is 23.0 Å². The molecule has 0 bridgehead atoms. The Hall–Kier alpha value is -2.14. The molecule has 1 aromatic carbocycles. The molecule has 1 aromatic heterocycles. The number of nitrogens with two attached hydrogens (primary N) is 2. The number of hydrogen-bond acceptors (Lipinski definition) is 4. The van der Waals surface area contributed by atoms with E-state index >= 15 is 0 Å². The highest BCUT2D eigenvalue weighted by Crippen LogP contribution is 2.38. The lowest BCUT2D eigenvalue weighted by Gasteiger charge is -2.26. The molecule has 1 saturated carbocycles. The summed E-state index contributed by atoms with van der Waals surface area (Å²) < 4.78 is 5.78. The lowest BCUT2D eigenvalue weighted by molar-refractivity contribution is -0.125. The molecule has 1 unspecified atom stereocenters. The average molecular weight is 271 g/mol. The zero-order chi connectivity index (χ0) is 14.2. The smallest absolute Gasteiger partial charge is 0.241 e. The topological polar surface area (TPSA) is 91.2 Å². The molecule has 5 heteroatoms. The van der Waals surface area contributed by atoms with E-state index in [0.29, 0.717) is 5.75 Å². The summed E-state index contributed by atoms with van der Waals surface area (Å²) in [6, 6.07) is 9.40. The van der Waals surface area contributed by atoms with Crippen molar-refractivity contribution in [2.75, 3.05) is 6.61 Å². The van der Waals surface area contributed by atoms with Crippen LogP contribution in [0.4, 0.5) is 0 Å². The summed E-state index contributed by atoms with van der Waals surface area (Å²) in [7, 11) is 0. The Morgan fingerprint density at radius 3 is 2.85 bits per heavy atom. The van der Waals surface area contributed by atoms with Crippen LogP contribution >= 0.6 is 0 Å². The molecule has 1 aliphatic carbocycles. The highest BCUT2D eigenvalue weighted by atomic mass is 16.5. The zero-order valence-corrected chi connectivity index (χ0v) is 11.1. The van der Waals surface area contributed by atoms with Crippen molar-refractivity contribution in [2.45, 2.75) is 18.4 Å². The van der Waals surface area contributed by atoms with Crippen molar-refractivity contribution in [3.63, 3.8) is 0 Å². The van der Waals surface area contributed by atoms with Gasteiger partial charge in [0.05, 0.1) is 5.52 Å². The monoisotopic (exact) mass is 271 g/mol. The summed E-state index contributed by atoms with van der Waals surface area (Å²) in [5.41, 5.74) is 11.3. The molecule has 3 rings (SSSR count). The van der Waals surface area contributed by atoms with Crippen LogP contribution in [0.2, 0.25) is 0 Å². The second-order valence-corrected chi connectivity index (χ2v) is 5.29. The third-order valence-corrected chi connectivity index (χ3v) is 3.84. The van der Waals surface area contributed by atoms with Crippen molar-refractivity contribution >= 4 is 16.8 Å². The third-order valence-electron chi connectivity index (χ3n) is 3.84. The Balaban J connectivity index is 1.85. The number of rotatable bonds is 5. The van der Waals surface area contributed by atoms with Crippen LogP contribution in [0.1, 0.15) is 12.8 Å². The maximum Gasteiger partial charge on any atom is 0.241 e. The van der Waals surface area contributed by atoms with Crippen molar-refractivity contribution in [3.8, 4) is 5.75 Å². The fourth-order valence-electron chi connectivity index (χ4n) is 2.39. The molecule has 1 aliphatic rings. The van der Waals surface area contributed by atoms with E-state index in [1.807, 2.05) is 30.3 Å². The zero-order valence-electron chi connectivity index (χ0n) is 11.1. The van der Waals surface area contributed by atoms with Crippen molar-refractivity contribution in [1.29, 1.82) is 0 Å². The number of carbonyl (C=O) groups excluding carboxylic acids is 1. The first kappa shape index (κ1) is 12.9. The molecule has 4 N–H and O–H groups in total. The van der Waals surface area contributed by atoms with Gasteiger partial charge < -0.3 is 16.2 Å². The molecule has 2 aromatic rings. The van der Waals surface area contributed by atoms with Gasteiger partial charge in [-0.05, 0) is 43.0 Å². The Labute approximate surface area is 116 Å². The molecule has 0 spiro atoms. The van der Waals surface area contributed by atoms with Crippen molar-refractivity contribution in [2.24, 2.45) is 17.4 Å². The Bertz CT molecular complexity index is 649. The van der Waals surface area contributed by atoms with Gasteiger partial charge in [0.15, 0.2) is 0 Å². The number of nitrogens with zero attached hydrogens (tertiary/aromatic N) is 1. The summed E-state index contributed by atoms with van der Waals surface area (Å²) in [6.07, 6.45) is 3.59. The van der Waals surface area contributed by atoms with E-state index in [2.05, 4.69) is 4.98 Å². The van der Waals surface area contributed by atoms with Gasteiger partial charge in [0.1, 0.15) is 17.9 Å². The van der Waals surface area contributed by atoms with Crippen molar-refractivity contribution in [1.82, 2.24) is 4.98 Å². The van der Waals surface area contributed by atoms with Crippen LogP contribution in [0.5, 0.6) is 5.75 Å². The first-order valence-electron chi connectivity index (χ1n) is 6.66. The van der Waals surface area contributed by atoms with E-state index in [1.165, 1.54) is 0 Å². The van der Waals surface area contributed by atoms with Gasteiger partial charge in [-0.3, -0.25) is 9.78 Å². The fraction of sp³-hybridized carbons (Fsp3) is 0.333. The van der Waals surface area contributed by atoms with Gasteiger partial charge in [0, 0.05) is 11.6 Å². The number of amides is 1. The quantitative estimate of drug-likeness (QED) is 0.855. The number of fused-ring (bicyclic) bond motifs is 1. The maximum absolute atomic E-state index is 11.6. The van der Waals surface area contributed by atoms with Crippen LogP contribution in [0.3, 0.4) is 0 Å². The van der Waals surface area contributed by atoms with E-state index in [0.717, 1.165) is 23.7 Å². The second kappa shape index (κ2) is 4.76. The van der Waals surface area contributed by atoms with Gasteiger partial charge in [0.2, 0.25) is 5.91 Å². The number of aromatic nitrogens is 1. The lowest BCUT2D eigenvalue weighted by Crippen LogP contribution is -2.58. The summed E-state index contributed by atoms with van der Waals surface area (Å²) >= 11 is 0. The Kier molecular flexibility index (Phi) is 3.06. The molecule has 20 heavy (non-hydrogen) atoms. The van der Waals surface area contributed by atoms with Crippen molar-refractivity contribution in [3.05, 3.63) is 36.5 Å². The predicted octanol–water partition coefficient (Wildman–Crippen LogP) is 1.21. The molecule has 5 nitrogen and oxygen atoms in total. The highest BCUT2D eigenvalue weighted by molar-refractivity contribution is 5.86. The summed E-state index contributed by atoms with van der Waals surface area (Å²) in [4.78, 5) is 15.9. The highest BCUT2D eigenvalue weighted by Gasteiger charge is 2.47. The number of carbonyl (C=O) groups is 1. The van der Waals surface area contributed by atoms with Crippen molar-refractivity contribution < 1.29 is 9.53 Å². The van der Waals surface area contributed by atoms with Gasteiger partial charge >= 0.3 is 0 Å². The average Bonchev–Trinajstić information content (AvgIpc) is 3.29. The lowest BCUT2D eigenvalue weighted by atomic mass is 9.95. The van der Waals surface area contributed by atoms with Crippen LogP contribution in [0.25, 0.3) is 10.9 Å². The number of pyridine rings is 1. The number of hydrogen-bond donors (Lipinski definition) is 2. The summed E-state index contributed by atoms with van der Waals surface area (Å²) in [5.74, 6) is 0.304. The molecule has 0 radical (unpaired) electrons. The van der Waals surface area contributed by atoms with Gasteiger partial charge in [-0.25, -0.2) is 0 Å². The normalized spacial score (nSPS) is 17.6. The molecule has 1 fully saturated rings. The van der Waals surface area contributed by atoms with Gasteiger partial charge in [-0.15, -0.1) is 0 Å². The molecule has 1 amide bonds. The number of ether oxygens (including phenoxy) is 1. The van der Waals surface area contributed by atoms with Gasteiger partial charge in [-0.1, -0.05) is 6.07 Å². The molecular weight excluding hydrogens is 254 g/mol. The predicted molar refractivity (Wildman–Crippen MR) is 76.1 cm³/mol. The van der Waals surface area contributed by atoms with Gasteiger partial charge in [-0.2, -0.15) is 0 Å². The molecule has 1 heterocycles. The Morgan fingerprint density at radius 1 is 1.35 bits per heavy atom. The largest absolute Gasteiger partial charge is 0.490 e. The number of benzene rings is 1. The minimum atomic E-state index is -1.08. The molecule has 1 atom stereocenters. The first-order valence-corrected chi connectivity index (χ1v) is 6.66. The second-order valence-electron chi connectivity index (χ2n) is 5.29. The third kappa shape index (κ3) is 2.20. The van der Waals surface area contributed by atoms with E-state index < -0.39 is 11.4 Å². The summed E-state index contributed by atoms with van der Waals surface area (Å²) in [5, 5.41) is 0.901. The van der Waals surface area contributed by atoms with Gasteiger partial charge in [0.25, 0.3) is 0 Å². The van der Waals surface area contributed by atoms with Crippen LogP contribution in [0.15, 0.2) is 36.5 Å².